The van der Waals surface area contributed by atoms with E-state index in [1.54, 1.807) is 0 Å². The minimum atomic E-state index is 0.285. The van der Waals surface area contributed by atoms with Gasteiger partial charge in [0, 0.05) is 20.3 Å². The van der Waals surface area contributed by atoms with Crippen molar-refractivity contribution >= 4 is 27.3 Å². The molecule has 0 amide bonds. The van der Waals surface area contributed by atoms with Gasteiger partial charge in [0.05, 0.1) is 0 Å². The Labute approximate surface area is 103 Å². The predicted molar refractivity (Wildman–Crippen MR) is 68.0 cm³/mol. The zero-order valence-electron chi connectivity index (χ0n) is 8.87. The van der Waals surface area contributed by atoms with E-state index in [0.717, 1.165) is 17.8 Å². The van der Waals surface area contributed by atoms with Gasteiger partial charge in [-0.05, 0) is 65.9 Å². The van der Waals surface area contributed by atoms with Gasteiger partial charge in [0.15, 0.2) is 0 Å². The third-order valence-corrected chi connectivity index (χ3v) is 6.23. The molecule has 0 saturated heterocycles. The Morgan fingerprint density at radius 1 is 1.40 bits per heavy atom. The zero-order chi connectivity index (χ0) is 10.6. The van der Waals surface area contributed by atoms with Gasteiger partial charge in [-0.15, -0.1) is 11.3 Å². The molecule has 2 fully saturated rings. The van der Waals surface area contributed by atoms with Crippen LogP contribution in [0.3, 0.4) is 0 Å². The Kier molecular flexibility index (Phi) is 2.45. The van der Waals surface area contributed by atoms with E-state index in [1.807, 2.05) is 11.3 Å². The number of fused-ring (bicyclic) bond motifs is 1. The Morgan fingerprint density at radius 3 is 2.60 bits per heavy atom. The molecular formula is C12H16BrNS. The molecule has 1 aromatic heterocycles. The van der Waals surface area contributed by atoms with Crippen molar-refractivity contribution in [2.24, 2.45) is 23.5 Å². The molecule has 1 heterocycles. The number of rotatable bonds is 2. The van der Waals surface area contributed by atoms with E-state index >= 15 is 0 Å². The molecule has 0 aromatic carbocycles. The van der Waals surface area contributed by atoms with Crippen LogP contribution in [0, 0.1) is 24.7 Å². The van der Waals surface area contributed by atoms with Crippen LogP contribution in [-0.4, -0.2) is 0 Å². The molecule has 3 unspecified atom stereocenters. The summed E-state index contributed by atoms with van der Waals surface area (Å²) in [6.07, 6.45) is 4.23. The lowest BCUT2D eigenvalue weighted by Gasteiger charge is -2.19. The third-order valence-electron chi connectivity index (χ3n) is 3.99. The molecule has 0 bridgehead atoms. The molecule has 0 spiro atoms. The molecular weight excluding hydrogens is 270 g/mol. The first-order valence-corrected chi connectivity index (χ1v) is 7.27. The molecule has 0 radical (unpaired) electrons. The van der Waals surface area contributed by atoms with E-state index in [0.29, 0.717) is 0 Å². The lowest BCUT2D eigenvalue weighted by atomic mass is 9.94. The van der Waals surface area contributed by atoms with E-state index < -0.39 is 0 Å². The first-order valence-electron chi connectivity index (χ1n) is 5.66. The zero-order valence-corrected chi connectivity index (χ0v) is 11.3. The normalized spacial score (nSPS) is 35.3. The Balaban J connectivity index is 1.76. The van der Waals surface area contributed by atoms with E-state index in [1.165, 1.54) is 33.5 Å². The minimum Gasteiger partial charge on any atom is -0.323 e. The van der Waals surface area contributed by atoms with E-state index in [2.05, 4.69) is 28.9 Å². The SMILES string of the molecule is Cc1sc(C(N)C2CC3CC3C2)cc1Br. The van der Waals surface area contributed by atoms with Crippen LogP contribution in [0.25, 0.3) is 0 Å². The molecule has 3 rings (SSSR count). The highest BCUT2D eigenvalue weighted by atomic mass is 79.9. The lowest BCUT2D eigenvalue weighted by molar-refractivity contribution is 0.408. The van der Waals surface area contributed by atoms with Crippen LogP contribution in [0.15, 0.2) is 10.5 Å². The highest BCUT2D eigenvalue weighted by Gasteiger charge is 2.47. The molecule has 15 heavy (non-hydrogen) atoms. The Morgan fingerprint density at radius 2 is 2.07 bits per heavy atom. The molecule has 2 N–H and O–H groups in total. The topological polar surface area (TPSA) is 26.0 Å². The summed E-state index contributed by atoms with van der Waals surface area (Å²) in [7, 11) is 0. The fraction of sp³-hybridized carbons (Fsp3) is 0.667. The molecule has 2 saturated carbocycles. The van der Waals surface area contributed by atoms with Crippen molar-refractivity contribution in [2.45, 2.75) is 32.2 Å². The second-order valence-corrected chi connectivity index (χ2v) is 7.21. The maximum Gasteiger partial charge on any atom is 0.0419 e. The Hall–Kier alpha value is 0.140. The van der Waals surface area contributed by atoms with Crippen LogP contribution < -0.4 is 5.73 Å². The van der Waals surface area contributed by atoms with Crippen LogP contribution in [-0.2, 0) is 0 Å². The maximum absolute atomic E-state index is 6.35. The summed E-state index contributed by atoms with van der Waals surface area (Å²) < 4.78 is 1.22. The molecule has 1 aromatic rings. The standard InChI is InChI=1S/C12H16BrNS/c1-6-10(13)5-11(15-6)12(14)9-3-7-2-8(7)4-9/h5,7-9,12H,2-4,14H2,1H3. The summed E-state index contributed by atoms with van der Waals surface area (Å²) >= 11 is 5.42. The summed E-state index contributed by atoms with van der Waals surface area (Å²) in [5.74, 6) is 2.81. The van der Waals surface area contributed by atoms with Gasteiger partial charge < -0.3 is 5.73 Å². The fourth-order valence-electron chi connectivity index (χ4n) is 2.93. The highest BCUT2D eigenvalue weighted by Crippen LogP contribution is 2.57. The fourth-order valence-corrected chi connectivity index (χ4v) is 4.59. The van der Waals surface area contributed by atoms with Crippen LogP contribution >= 0.6 is 27.3 Å². The highest BCUT2D eigenvalue weighted by molar-refractivity contribution is 9.10. The second kappa shape index (κ2) is 3.57. The van der Waals surface area contributed by atoms with Crippen molar-refractivity contribution in [2.75, 3.05) is 0 Å². The molecule has 82 valence electrons. The number of halogens is 1. The largest absolute Gasteiger partial charge is 0.323 e. The third kappa shape index (κ3) is 1.79. The summed E-state index contributed by atoms with van der Waals surface area (Å²) in [6.45, 7) is 2.15. The number of hydrogen-bond donors (Lipinski definition) is 1. The van der Waals surface area contributed by atoms with Crippen LogP contribution in [0.2, 0.25) is 0 Å². The summed E-state index contributed by atoms with van der Waals surface area (Å²) in [4.78, 5) is 2.72. The number of aryl methyl sites for hydroxylation is 1. The van der Waals surface area contributed by atoms with Gasteiger partial charge in [-0.3, -0.25) is 0 Å². The molecule has 3 atom stereocenters. The molecule has 0 aliphatic heterocycles. The smallest absolute Gasteiger partial charge is 0.0419 e. The minimum absolute atomic E-state index is 0.285. The van der Waals surface area contributed by atoms with Crippen LogP contribution in [0.4, 0.5) is 0 Å². The summed E-state index contributed by atoms with van der Waals surface area (Å²) in [5, 5.41) is 0. The quantitative estimate of drug-likeness (QED) is 0.877. The van der Waals surface area contributed by atoms with Gasteiger partial charge in [0.25, 0.3) is 0 Å². The van der Waals surface area contributed by atoms with Gasteiger partial charge in [0.1, 0.15) is 0 Å². The van der Waals surface area contributed by atoms with Crippen molar-refractivity contribution in [1.29, 1.82) is 0 Å². The average molecular weight is 286 g/mol. The van der Waals surface area contributed by atoms with Crippen molar-refractivity contribution in [3.8, 4) is 0 Å². The monoisotopic (exact) mass is 285 g/mol. The van der Waals surface area contributed by atoms with Gasteiger partial charge in [-0.2, -0.15) is 0 Å². The van der Waals surface area contributed by atoms with Crippen molar-refractivity contribution in [3.05, 3.63) is 20.3 Å². The van der Waals surface area contributed by atoms with E-state index in [4.69, 9.17) is 5.73 Å². The lowest BCUT2D eigenvalue weighted by Crippen LogP contribution is -2.19. The molecule has 3 heteroatoms. The summed E-state index contributed by atoms with van der Waals surface area (Å²) in [5.41, 5.74) is 6.35. The van der Waals surface area contributed by atoms with Gasteiger partial charge in [-0.25, -0.2) is 0 Å². The van der Waals surface area contributed by atoms with Crippen molar-refractivity contribution in [1.82, 2.24) is 0 Å². The average Bonchev–Trinajstić information content (AvgIpc) is 2.66. The predicted octanol–water partition coefficient (Wildman–Crippen LogP) is 3.86. The van der Waals surface area contributed by atoms with Crippen LogP contribution in [0.1, 0.15) is 35.1 Å². The number of hydrogen-bond acceptors (Lipinski definition) is 2. The first-order chi connectivity index (χ1) is 7.15. The van der Waals surface area contributed by atoms with Gasteiger partial charge >= 0.3 is 0 Å². The van der Waals surface area contributed by atoms with Crippen molar-refractivity contribution < 1.29 is 0 Å². The van der Waals surface area contributed by atoms with Crippen LogP contribution in [0.5, 0.6) is 0 Å². The van der Waals surface area contributed by atoms with Gasteiger partial charge in [-0.1, -0.05) is 0 Å². The summed E-state index contributed by atoms with van der Waals surface area (Å²) in [6, 6.07) is 2.50. The van der Waals surface area contributed by atoms with E-state index in [9.17, 15) is 0 Å². The van der Waals surface area contributed by atoms with Crippen molar-refractivity contribution in [3.63, 3.8) is 0 Å². The molecule has 2 aliphatic carbocycles. The Bertz CT molecular complexity index is 357. The first kappa shape index (κ1) is 10.3. The van der Waals surface area contributed by atoms with Gasteiger partial charge in [0.2, 0.25) is 0 Å². The molecule has 1 nitrogen and oxygen atoms in total. The number of nitrogens with two attached hydrogens (primary N) is 1. The van der Waals surface area contributed by atoms with E-state index in [-0.39, 0.29) is 6.04 Å². The second-order valence-electron chi connectivity index (χ2n) is 5.07. The number of thiophene rings is 1. The maximum atomic E-state index is 6.35. The molecule has 2 aliphatic rings.